The van der Waals surface area contributed by atoms with E-state index in [1.807, 2.05) is 24.5 Å². The van der Waals surface area contributed by atoms with Gasteiger partial charge in [-0.15, -0.1) is 0 Å². The molecule has 1 aliphatic rings. The molecule has 10 heteroatoms. The Hall–Kier alpha value is -3.84. The summed E-state index contributed by atoms with van der Waals surface area (Å²) in [6, 6.07) is 7.90. The number of aromatic amines is 1. The molecule has 0 spiro atoms. The number of carboxylic acid groups (broad SMARTS) is 1. The number of benzene rings is 1. The van der Waals surface area contributed by atoms with Crippen LogP contribution < -0.4 is 0 Å². The quantitative estimate of drug-likeness (QED) is 0.356. The maximum absolute atomic E-state index is 14.5. The van der Waals surface area contributed by atoms with Crippen LogP contribution in [0.1, 0.15) is 63.1 Å². The lowest BCUT2D eigenvalue weighted by Gasteiger charge is -2.37. The van der Waals surface area contributed by atoms with Crippen LogP contribution in [-0.4, -0.2) is 43.5 Å². The monoisotopic (exact) mass is 507 g/mol. The lowest BCUT2D eigenvalue weighted by atomic mass is 9.73. The Morgan fingerprint density at radius 1 is 1.30 bits per heavy atom. The third-order valence-corrected chi connectivity index (χ3v) is 7.69. The second-order valence-electron chi connectivity index (χ2n) is 10.4. The molecule has 8 nitrogen and oxygen atoms in total. The van der Waals surface area contributed by atoms with Gasteiger partial charge in [0.2, 0.25) is 0 Å². The van der Waals surface area contributed by atoms with Crippen LogP contribution in [0, 0.1) is 23.0 Å². The predicted molar refractivity (Wildman–Crippen MR) is 132 cm³/mol. The molecule has 0 radical (unpaired) electrons. The summed E-state index contributed by atoms with van der Waals surface area (Å²) < 4.78 is 35.7. The number of nitrogens with zero attached hydrogens (tertiary/aromatic N) is 4. The Morgan fingerprint density at radius 2 is 2.03 bits per heavy atom. The number of aromatic nitrogens is 4. The van der Waals surface area contributed by atoms with Crippen LogP contribution in [0.25, 0.3) is 27.8 Å². The zero-order chi connectivity index (χ0) is 26.5. The van der Waals surface area contributed by atoms with E-state index in [-0.39, 0.29) is 12.3 Å². The van der Waals surface area contributed by atoms with Gasteiger partial charge >= 0.3 is 5.97 Å². The number of nitrogens with one attached hydrogen (secondary N) is 1. The highest BCUT2D eigenvalue weighted by molar-refractivity contribution is 5.94. The van der Waals surface area contributed by atoms with E-state index in [0.717, 1.165) is 28.8 Å². The number of H-pyrrole nitrogens is 1. The molecule has 0 unspecified atom stereocenters. The van der Waals surface area contributed by atoms with Crippen molar-refractivity contribution in [2.75, 3.05) is 7.11 Å². The van der Waals surface area contributed by atoms with Crippen molar-refractivity contribution in [3.05, 3.63) is 53.4 Å². The summed E-state index contributed by atoms with van der Waals surface area (Å²) in [5.41, 5.74) is 2.04. The minimum Gasteiger partial charge on any atom is -0.479 e. The molecule has 0 amide bonds. The lowest BCUT2D eigenvalue weighted by Crippen LogP contribution is -2.43. The fraction of sp³-hybridized carbons (Fsp3) is 0.407. The van der Waals surface area contributed by atoms with Gasteiger partial charge in [-0.3, -0.25) is 5.10 Å². The van der Waals surface area contributed by atoms with Gasteiger partial charge in [-0.05, 0) is 49.8 Å². The van der Waals surface area contributed by atoms with Crippen molar-refractivity contribution in [3.8, 4) is 11.8 Å². The van der Waals surface area contributed by atoms with E-state index in [4.69, 9.17) is 9.72 Å². The molecule has 0 aliphatic heterocycles. The average molecular weight is 508 g/mol. The van der Waals surface area contributed by atoms with E-state index in [9.17, 15) is 23.9 Å². The van der Waals surface area contributed by atoms with Crippen LogP contribution in [0.15, 0.2) is 30.5 Å². The van der Waals surface area contributed by atoms with Gasteiger partial charge in [0.1, 0.15) is 0 Å². The highest BCUT2D eigenvalue weighted by Crippen LogP contribution is 2.48. The van der Waals surface area contributed by atoms with Gasteiger partial charge in [0.05, 0.1) is 23.3 Å². The van der Waals surface area contributed by atoms with Gasteiger partial charge in [0.25, 0.3) is 0 Å². The molecule has 0 saturated heterocycles. The number of methoxy groups -OCH3 is 1. The molecule has 4 aromatic rings. The number of carbonyl (C=O) groups is 1. The highest BCUT2D eigenvalue weighted by atomic mass is 19.2. The fourth-order valence-electron chi connectivity index (χ4n) is 5.70. The minimum atomic E-state index is -1.25. The normalized spacial score (nSPS) is 20.4. The van der Waals surface area contributed by atoms with Gasteiger partial charge in [0.15, 0.2) is 22.9 Å². The molecule has 1 saturated carbocycles. The summed E-state index contributed by atoms with van der Waals surface area (Å²) in [6.45, 7) is 3.88. The van der Waals surface area contributed by atoms with E-state index in [1.165, 1.54) is 13.2 Å². The molecule has 3 heterocycles. The molecule has 2 N–H and O–H groups in total. The maximum atomic E-state index is 14.5. The molecule has 1 fully saturated rings. The second-order valence-corrected chi connectivity index (χ2v) is 10.4. The topological polar surface area (TPSA) is 117 Å². The third-order valence-electron chi connectivity index (χ3n) is 7.69. The number of carboxylic acids is 1. The van der Waals surface area contributed by atoms with Gasteiger partial charge in [-0.1, -0.05) is 13.8 Å². The molecule has 37 heavy (non-hydrogen) atoms. The molecule has 1 aliphatic carbocycles. The number of fused-ring (bicyclic) bond motifs is 2. The number of nitriles is 1. The average Bonchev–Trinajstić information content (AvgIpc) is 3.46. The summed E-state index contributed by atoms with van der Waals surface area (Å²) in [7, 11) is 1.42. The number of hydrogen-bond donors (Lipinski definition) is 2. The number of pyridine rings is 1. The molecule has 1 aromatic carbocycles. The molecular formula is C27H27F2N5O3. The summed E-state index contributed by atoms with van der Waals surface area (Å²) in [4.78, 5) is 16.9. The van der Waals surface area contributed by atoms with Crippen LogP contribution in [0.2, 0.25) is 0 Å². The number of rotatable bonds is 6. The molecule has 192 valence electrons. The first kappa shape index (κ1) is 24.8. The van der Waals surface area contributed by atoms with Crippen molar-refractivity contribution in [1.29, 1.82) is 5.26 Å². The predicted octanol–water partition coefficient (Wildman–Crippen LogP) is 5.50. The van der Waals surface area contributed by atoms with Crippen LogP contribution in [-0.2, 0) is 14.9 Å². The van der Waals surface area contributed by atoms with Gasteiger partial charge < -0.3 is 14.4 Å². The van der Waals surface area contributed by atoms with Crippen LogP contribution in [0.5, 0.6) is 0 Å². The smallest absolute Gasteiger partial charge is 0.335 e. The van der Waals surface area contributed by atoms with Crippen molar-refractivity contribution in [2.45, 2.75) is 62.9 Å². The largest absolute Gasteiger partial charge is 0.479 e. The van der Waals surface area contributed by atoms with Crippen molar-refractivity contribution in [1.82, 2.24) is 19.7 Å². The van der Waals surface area contributed by atoms with Crippen LogP contribution in [0.3, 0.4) is 0 Å². The Bertz CT molecular complexity index is 1560. The molecule has 3 aromatic heterocycles. The zero-order valence-corrected chi connectivity index (χ0v) is 20.8. The van der Waals surface area contributed by atoms with Crippen LogP contribution >= 0.6 is 0 Å². The molecule has 5 rings (SSSR count). The van der Waals surface area contributed by atoms with Gasteiger partial charge in [-0.2, -0.15) is 10.4 Å². The van der Waals surface area contributed by atoms with Crippen molar-refractivity contribution in [3.63, 3.8) is 0 Å². The second kappa shape index (κ2) is 8.92. The Balaban J connectivity index is 1.82. The molecule has 0 atom stereocenters. The number of ether oxygens (including phenoxy) is 1. The fourth-order valence-corrected chi connectivity index (χ4v) is 5.70. The summed E-state index contributed by atoms with van der Waals surface area (Å²) in [5, 5.41) is 27.2. The van der Waals surface area contributed by atoms with E-state index < -0.39 is 28.6 Å². The molecule has 0 bridgehead atoms. The third kappa shape index (κ3) is 3.94. The summed E-state index contributed by atoms with van der Waals surface area (Å²) in [5.74, 6) is -3.01. The van der Waals surface area contributed by atoms with Gasteiger partial charge in [-0.25, -0.2) is 18.6 Å². The van der Waals surface area contributed by atoms with E-state index in [2.05, 4.69) is 16.3 Å². The lowest BCUT2D eigenvalue weighted by molar-refractivity contribution is -0.166. The van der Waals surface area contributed by atoms with E-state index in [0.29, 0.717) is 48.1 Å². The Labute approximate surface area is 211 Å². The first-order valence-electron chi connectivity index (χ1n) is 12.1. The van der Waals surface area contributed by atoms with Crippen molar-refractivity contribution >= 4 is 28.0 Å². The Kier molecular flexibility index (Phi) is 5.99. The van der Waals surface area contributed by atoms with Crippen LogP contribution in [0.4, 0.5) is 8.78 Å². The van der Waals surface area contributed by atoms with Gasteiger partial charge in [0, 0.05) is 47.3 Å². The molecular weight excluding hydrogens is 480 g/mol. The van der Waals surface area contributed by atoms with Crippen molar-refractivity contribution < 1.29 is 23.4 Å². The van der Waals surface area contributed by atoms with E-state index in [1.54, 1.807) is 6.20 Å². The maximum Gasteiger partial charge on any atom is 0.335 e. The number of halogens is 2. The summed E-state index contributed by atoms with van der Waals surface area (Å²) in [6.07, 6.45) is 3.48. The Morgan fingerprint density at radius 3 is 2.65 bits per heavy atom. The first-order valence-corrected chi connectivity index (χ1v) is 12.1. The standard InChI is InChI=1S/C27H27F2N5O3/c1-26(2,10-11-30)23-21(15-6-8-27(37-3,9-7-15)25(35)36)22-20(12-16-14-31-33-24(16)32-22)34(23)17-4-5-18(28)19(29)13-17/h4-5,12-15H,6-10H2,1-3H3,(H,35,36)(H,31,32,33). The number of aliphatic carboxylic acids is 1. The highest BCUT2D eigenvalue weighted by Gasteiger charge is 2.45. The number of hydrogen-bond acceptors (Lipinski definition) is 5. The minimum absolute atomic E-state index is 0.0856. The van der Waals surface area contributed by atoms with E-state index >= 15 is 0 Å². The van der Waals surface area contributed by atoms with Crippen molar-refractivity contribution in [2.24, 2.45) is 0 Å². The zero-order valence-electron chi connectivity index (χ0n) is 20.8. The SMILES string of the molecule is COC1(C(=O)O)CCC(c2c(C(C)(C)CC#N)n(-c3ccc(F)c(F)c3)c3cc4cn[nH]c4nc23)CC1. The summed E-state index contributed by atoms with van der Waals surface area (Å²) >= 11 is 0. The first-order chi connectivity index (χ1) is 17.6.